The molecular formula is C35H45N5O3. The van der Waals surface area contributed by atoms with Crippen LogP contribution in [0.2, 0.25) is 0 Å². The Hall–Kier alpha value is -3.91. The molecule has 2 aliphatic heterocycles. The van der Waals surface area contributed by atoms with Crippen LogP contribution in [-0.4, -0.2) is 78.5 Å². The zero-order valence-electron chi connectivity index (χ0n) is 25.8. The van der Waals surface area contributed by atoms with E-state index < -0.39 is 0 Å². The van der Waals surface area contributed by atoms with Gasteiger partial charge in [-0.1, -0.05) is 6.07 Å². The van der Waals surface area contributed by atoms with Crippen LogP contribution < -0.4 is 15.0 Å². The molecule has 8 heteroatoms. The third kappa shape index (κ3) is 7.73. The van der Waals surface area contributed by atoms with Crippen LogP contribution in [0.4, 0.5) is 5.69 Å². The second-order valence-electron chi connectivity index (χ2n) is 11.9. The minimum absolute atomic E-state index is 0.0642. The van der Waals surface area contributed by atoms with Gasteiger partial charge in [0.05, 0.1) is 7.11 Å². The van der Waals surface area contributed by atoms with Crippen molar-refractivity contribution in [1.82, 2.24) is 20.1 Å². The number of hydrogen-bond donors (Lipinski definition) is 1. The number of anilines is 1. The Morgan fingerprint density at radius 3 is 2.44 bits per heavy atom. The van der Waals surface area contributed by atoms with Gasteiger partial charge in [0.25, 0.3) is 11.8 Å². The third-order valence-electron chi connectivity index (χ3n) is 9.00. The molecule has 2 aromatic carbocycles. The number of methoxy groups -OCH3 is 1. The topological polar surface area (TPSA) is 78.0 Å². The second-order valence-corrected chi connectivity index (χ2v) is 11.9. The molecule has 2 aliphatic rings. The number of hydrogen-bond acceptors (Lipinski definition) is 6. The first-order chi connectivity index (χ1) is 20.9. The largest absolute Gasteiger partial charge is 0.497 e. The monoisotopic (exact) mass is 583 g/mol. The molecule has 5 rings (SSSR count). The Bertz CT molecular complexity index is 1350. The molecule has 2 fully saturated rings. The van der Waals surface area contributed by atoms with Crippen molar-refractivity contribution in [1.29, 1.82) is 0 Å². The van der Waals surface area contributed by atoms with Gasteiger partial charge < -0.3 is 24.8 Å². The number of likely N-dealkylation sites (tertiary alicyclic amines) is 2. The third-order valence-corrected chi connectivity index (χ3v) is 9.00. The molecule has 2 saturated heterocycles. The fraction of sp³-hybridized carbons (Fsp3) is 0.457. The van der Waals surface area contributed by atoms with E-state index in [1.165, 1.54) is 11.3 Å². The number of rotatable bonds is 11. The Morgan fingerprint density at radius 1 is 1.05 bits per heavy atom. The number of piperidine rings is 1. The van der Waals surface area contributed by atoms with Crippen LogP contribution in [0.3, 0.4) is 0 Å². The summed E-state index contributed by atoms with van der Waals surface area (Å²) in [6.45, 7) is 9.28. The summed E-state index contributed by atoms with van der Waals surface area (Å²) in [4.78, 5) is 37.0. The van der Waals surface area contributed by atoms with E-state index in [-0.39, 0.29) is 11.8 Å². The molecule has 43 heavy (non-hydrogen) atoms. The first kappa shape index (κ1) is 30.5. The van der Waals surface area contributed by atoms with Crippen molar-refractivity contribution in [3.8, 4) is 5.75 Å². The number of aryl methyl sites for hydroxylation is 1. The lowest BCUT2D eigenvalue weighted by molar-refractivity contribution is 0.0791. The van der Waals surface area contributed by atoms with Crippen LogP contribution in [0.5, 0.6) is 5.75 Å². The SMILES string of the molecule is COc1ccc(N(Cc2cccnc2)C2CCN(C(C)CCNC(=O)c3ccc(C(=O)N4CCCC4)cc3C)CC2)cc1. The highest BCUT2D eigenvalue weighted by Crippen LogP contribution is 2.28. The maximum atomic E-state index is 13.0. The molecule has 0 spiro atoms. The van der Waals surface area contributed by atoms with Gasteiger partial charge >= 0.3 is 0 Å². The van der Waals surface area contributed by atoms with Crippen LogP contribution in [-0.2, 0) is 6.54 Å². The van der Waals surface area contributed by atoms with E-state index in [1.54, 1.807) is 19.2 Å². The Labute approximate surface area is 256 Å². The van der Waals surface area contributed by atoms with Gasteiger partial charge in [-0.3, -0.25) is 14.6 Å². The van der Waals surface area contributed by atoms with Crippen molar-refractivity contribution >= 4 is 17.5 Å². The minimum Gasteiger partial charge on any atom is -0.497 e. The highest BCUT2D eigenvalue weighted by molar-refractivity contribution is 5.99. The summed E-state index contributed by atoms with van der Waals surface area (Å²) < 4.78 is 5.39. The predicted octanol–water partition coefficient (Wildman–Crippen LogP) is 5.31. The minimum atomic E-state index is -0.0749. The van der Waals surface area contributed by atoms with E-state index in [2.05, 4.69) is 45.2 Å². The van der Waals surface area contributed by atoms with Crippen molar-refractivity contribution in [2.45, 2.75) is 64.6 Å². The summed E-state index contributed by atoms with van der Waals surface area (Å²) in [6.07, 6.45) is 8.94. The zero-order valence-corrected chi connectivity index (χ0v) is 25.8. The van der Waals surface area contributed by atoms with E-state index in [0.29, 0.717) is 29.8 Å². The molecule has 3 heterocycles. The van der Waals surface area contributed by atoms with Crippen molar-refractivity contribution in [3.63, 3.8) is 0 Å². The van der Waals surface area contributed by atoms with E-state index >= 15 is 0 Å². The number of carbonyl (C=O) groups excluding carboxylic acids is 2. The van der Waals surface area contributed by atoms with Crippen LogP contribution in [0.25, 0.3) is 0 Å². The number of nitrogens with zero attached hydrogens (tertiary/aromatic N) is 4. The Kier molecular flexibility index (Phi) is 10.3. The van der Waals surface area contributed by atoms with Gasteiger partial charge in [-0.2, -0.15) is 0 Å². The number of benzene rings is 2. The first-order valence-corrected chi connectivity index (χ1v) is 15.6. The highest BCUT2D eigenvalue weighted by Gasteiger charge is 2.27. The lowest BCUT2D eigenvalue weighted by Gasteiger charge is -2.42. The molecule has 0 bridgehead atoms. The molecule has 1 N–H and O–H groups in total. The van der Waals surface area contributed by atoms with E-state index in [9.17, 15) is 9.59 Å². The van der Waals surface area contributed by atoms with E-state index in [1.807, 2.05) is 48.5 Å². The van der Waals surface area contributed by atoms with Crippen molar-refractivity contribution in [2.75, 3.05) is 44.7 Å². The molecule has 1 atom stereocenters. The standard InChI is InChI=1S/C35H45N5O3/c1-26-23-29(35(42)39-19-4-5-20-39)8-13-33(26)34(41)37-18-14-27(2)38-21-15-31(16-22-38)40(25-28-7-6-17-36-24-28)30-9-11-32(43-3)12-10-30/h6-13,17,23-24,27,31H,4-5,14-16,18-22,25H2,1-3H3,(H,37,41). The number of aromatic nitrogens is 1. The molecular weight excluding hydrogens is 538 g/mol. The average Bonchev–Trinajstić information content (AvgIpc) is 3.59. The van der Waals surface area contributed by atoms with Crippen LogP contribution >= 0.6 is 0 Å². The van der Waals surface area contributed by atoms with Crippen molar-refractivity contribution in [2.24, 2.45) is 0 Å². The van der Waals surface area contributed by atoms with Crippen molar-refractivity contribution < 1.29 is 14.3 Å². The predicted molar refractivity (Wildman–Crippen MR) is 171 cm³/mol. The molecule has 0 saturated carbocycles. The van der Waals surface area contributed by atoms with Gasteiger partial charge in [-0.25, -0.2) is 0 Å². The van der Waals surface area contributed by atoms with Gasteiger partial charge in [0.15, 0.2) is 0 Å². The molecule has 1 unspecified atom stereocenters. The number of pyridine rings is 1. The summed E-state index contributed by atoms with van der Waals surface area (Å²) in [6, 6.07) is 18.7. The maximum Gasteiger partial charge on any atom is 0.253 e. The van der Waals surface area contributed by atoms with Gasteiger partial charge in [-0.05, 0) is 106 Å². The van der Waals surface area contributed by atoms with Crippen LogP contribution in [0, 0.1) is 6.92 Å². The molecule has 0 radical (unpaired) electrons. The molecule has 3 aromatic rings. The fourth-order valence-electron chi connectivity index (χ4n) is 6.36. The van der Waals surface area contributed by atoms with Gasteiger partial charge in [0.2, 0.25) is 0 Å². The summed E-state index contributed by atoms with van der Waals surface area (Å²) in [5.41, 5.74) is 4.54. The van der Waals surface area contributed by atoms with Gasteiger partial charge in [0.1, 0.15) is 5.75 Å². The summed E-state index contributed by atoms with van der Waals surface area (Å²) in [5, 5.41) is 3.11. The molecule has 0 aliphatic carbocycles. The summed E-state index contributed by atoms with van der Waals surface area (Å²) in [7, 11) is 1.70. The highest BCUT2D eigenvalue weighted by atomic mass is 16.5. The summed E-state index contributed by atoms with van der Waals surface area (Å²) >= 11 is 0. The normalized spacial score (nSPS) is 16.6. The second kappa shape index (κ2) is 14.5. The smallest absolute Gasteiger partial charge is 0.253 e. The van der Waals surface area contributed by atoms with E-state index in [0.717, 1.165) is 76.1 Å². The van der Waals surface area contributed by atoms with Crippen molar-refractivity contribution in [3.05, 3.63) is 89.2 Å². The van der Waals surface area contributed by atoms with Crippen LogP contribution in [0.15, 0.2) is 67.0 Å². The van der Waals surface area contributed by atoms with E-state index in [4.69, 9.17) is 4.74 Å². The first-order valence-electron chi connectivity index (χ1n) is 15.6. The summed E-state index contributed by atoms with van der Waals surface area (Å²) in [5.74, 6) is 0.851. The zero-order chi connectivity index (χ0) is 30.2. The molecule has 228 valence electrons. The molecule has 8 nitrogen and oxygen atoms in total. The quantitative estimate of drug-likeness (QED) is 0.330. The molecule has 1 aromatic heterocycles. The lowest BCUT2D eigenvalue weighted by atomic mass is 9.99. The van der Waals surface area contributed by atoms with Gasteiger partial charge in [0, 0.05) is 80.6 Å². The van der Waals surface area contributed by atoms with Crippen LogP contribution in [0.1, 0.15) is 70.9 Å². The number of amides is 2. The lowest BCUT2D eigenvalue weighted by Crippen LogP contribution is -2.48. The maximum absolute atomic E-state index is 13.0. The Morgan fingerprint density at radius 2 is 1.79 bits per heavy atom. The number of nitrogens with one attached hydrogen (secondary N) is 1. The molecule has 2 amide bonds. The average molecular weight is 584 g/mol. The number of ether oxygens (including phenoxy) is 1. The Balaban J connectivity index is 1.11. The number of carbonyl (C=O) groups is 2. The fourth-order valence-corrected chi connectivity index (χ4v) is 6.36. The van der Waals surface area contributed by atoms with Gasteiger partial charge in [-0.15, -0.1) is 0 Å².